The fourth-order valence-corrected chi connectivity index (χ4v) is 5.61. The molecule has 3 heterocycles. The number of nitrogens with zero attached hydrogens (tertiary/aromatic N) is 2. The van der Waals surface area contributed by atoms with Gasteiger partial charge in [0.25, 0.3) is 5.91 Å². The monoisotopic (exact) mass is 412 g/mol. The minimum absolute atomic E-state index is 0.133. The summed E-state index contributed by atoms with van der Waals surface area (Å²) < 4.78 is 0. The van der Waals surface area contributed by atoms with Crippen molar-refractivity contribution in [2.45, 2.75) is 44.1 Å². The maximum absolute atomic E-state index is 13.3. The van der Waals surface area contributed by atoms with E-state index >= 15 is 0 Å². The van der Waals surface area contributed by atoms with Crippen LogP contribution in [0.2, 0.25) is 0 Å². The van der Waals surface area contributed by atoms with Crippen LogP contribution in [0, 0.1) is 0 Å². The maximum Gasteiger partial charge on any atom is 0.255 e. The van der Waals surface area contributed by atoms with Gasteiger partial charge in [-0.15, -0.1) is 11.3 Å². The highest BCUT2D eigenvalue weighted by Gasteiger charge is 2.30. The van der Waals surface area contributed by atoms with E-state index in [0.717, 1.165) is 44.2 Å². The number of piperidine rings is 2. The van der Waals surface area contributed by atoms with E-state index in [1.807, 2.05) is 28.5 Å². The largest absolute Gasteiger partial charge is 0.387 e. The number of carbonyl (C=O) groups excluding carboxylic acids is 2. The summed E-state index contributed by atoms with van der Waals surface area (Å²) in [5.74, 6) is 0.326. The molecule has 2 amide bonds. The standard InChI is InChI=1S/C23H28N2O3S/c26-15-22(27)24-12-9-18(10-13-24)21-14-19(16-29-21)23(28)25-11-5-4-8-20(25)17-6-2-1-3-7-17/h1-3,6-7,14,16,18,20,26H,4-5,8-13,15H2. The Balaban J connectivity index is 1.45. The van der Waals surface area contributed by atoms with Gasteiger partial charge in [-0.05, 0) is 49.7 Å². The summed E-state index contributed by atoms with van der Waals surface area (Å²) in [6, 6.07) is 12.6. The molecule has 1 N–H and O–H groups in total. The van der Waals surface area contributed by atoms with Gasteiger partial charge in [0.1, 0.15) is 6.61 Å². The normalized spacial score (nSPS) is 20.7. The molecule has 5 nitrogen and oxygen atoms in total. The number of carbonyl (C=O) groups is 2. The van der Waals surface area contributed by atoms with Crippen molar-refractivity contribution >= 4 is 23.2 Å². The minimum Gasteiger partial charge on any atom is -0.387 e. The average molecular weight is 413 g/mol. The molecule has 0 radical (unpaired) electrons. The molecule has 2 saturated heterocycles. The third-order valence-corrected chi connectivity index (χ3v) is 7.30. The first kappa shape index (κ1) is 20.1. The van der Waals surface area contributed by atoms with Crippen molar-refractivity contribution in [3.05, 3.63) is 57.8 Å². The SMILES string of the molecule is O=C(CO)N1CCC(c2cc(C(=O)N3CCCCC3c3ccccc3)cs2)CC1. The molecule has 29 heavy (non-hydrogen) atoms. The molecule has 2 aliphatic heterocycles. The molecule has 0 bridgehead atoms. The lowest BCUT2D eigenvalue weighted by molar-refractivity contribution is -0.135. The molecule has 0 aliphatic carbocycles. The summed E-state index contributed by atoms with van der Waals surface area (Å²) in [6.07, 6.45) is 5.00. The number of rotatable bonds is 4. The molecule has 1 unspecified atom stereocenters. The van der Waals surface area contributed by atoms with Crippen molar-refractivity contribution in [3.63, 3.8) is 0 Å². The number of benzene rings is 1. The van der Waals surface area contributed by atoms with Crippen molar-refractivity contribution in [2.75, 3.05) is 26.2 Å². The van der Waals surface area contributed by atoms with Gasteiger partial charge in [0, 0.05) is 29.9 Å². The molecular weight excluding hydrogens is 384 g/mol. The van der Waals surface area contributed by atoms with Crippen LogP contribution in [0.25, 0.3) is 0 Å². The molecule has 6 heteroatoms. The van der Waals surface area contributed by atoms with Crippen molar-refractivity contribution in [1.29, 1.82) is 0 Å². The lowest BCUT2D eigenvalue weighted by Gasteiger charge is -2.36. The zero-order chi connectivity index (χ0) is 20.2. The van der Waals surface area contributed by atoms with Gasteiger partial charge in [-0.25, -0.2) is 0 Å². The van der Waals surface area contributed by atoms with Gasteiger partial charge in [0.2, 0.25) is 5.91 Å². The van der Waals surface area contributed by atoms with Crippen LogP contribution in [-0.2, 0) is 4.79 Å². The smallest absolute Gasteiger partial charge is 0.255 e. The summed E-state index contributed by atoms with van der Waals surface area (Å²) in [6.45, 7) is 1.74. The predicted molar refractivity (Wildman–Crippen MR) is 114 cm³/mol. The van der Waals surface area contributed by atoms with Crippen molar-refractivity contribution in [2.24, 2.45) is 0 Å². The van der Waals surface area contributed by atoms with Crippen LogP contribution in [0.15, 0.2) is 41.8 Å². The molecular formula is C23H28N2O3S. The molecule has 1 aromatic heterocycles. The van der Waals surface area contributed by atoms with E-state index in [1.165, 1.54) is 10.4 Å². The van der Waals surface area contributed by atoms with Gasteiger partial charge < -0.3 is 14.9 Å². The number of aliphatic hydroxyl groups excluding tert-OH is 1. The third kappa shape index (κ3) is 4.38. The first-order valence-electron chi connectivity index (χ1n) is 10.5. The summed E-state index contributed by atoms with van der Waals surface area (Å²) in [4.78, 5) is 30.0. The maximum atomic E-state index is 13.3. The number of amides is 2. The van der Waals surface area contributed by atoms with E-state index < -0.39 is 6.61 Å². The molecule has 2 fully saturated rings. The van der Waals surface area contributed by atoms with Crippen molar-refractivity contribution in [3.8, 4) is 0 Å². The Kier molecular flexibility index (Phi) is 6.31. The average Bonchev–Trinajstić information content (AvgIpc) is 3.29. The third-order valence-electron chi connectivity index (χ3n) is 6.20. The number of hydrogen-bond acceptors (Lipinski definition) is 4. The van der Waals surface area contributed by atoms with E-state index in [4.69, 9.17) is 5.11 Å². The van der Waals surface area contributed by atoms with Crippen LogP contribution < -0.4 is 0 Å². The quantitative estimate of drug-likeness (QED) is 0.831. The Morgan fingerprint density at radius 3 is 2.52 bits per heavy atom. The number of aliphatic hydroxyl groups is 1. The highest BCUT2D eigenvalue weighted by molar-refractivity contribution is 7.10. The molecule has 2 aromatic rings. The Morgan fingerprint density at radius 2 is 1.79 bits per heavy atom. The van der Waals surface area contributed by atoms with Crippen molar-refractivity contribution < 1.29 is 14.7 Å². The van der Waals surface area contributed by atoms with E-state index in [2.05, 4.69) is 18.2 Å². The zero-order valence-corrected chi connectivity index (χ0v) is 17.4. The van der Waals surface area contributed by atoms with Gasteiger partial charge in [0.05, 0.1) is 11.6 Å². The molecule has 0 saturated carbocycles. The van der Waals surface area contributed by atoms with Crippen LogP contribution >= 0.6 is 11.3 Å². The van der Waals surface area contributed by atoms with Gasteiger partial charge in [-0.3, -0.25) is 9.59 Å². The molecule has 154 valence electrons. The number of likely N-dealkylation sites (tertiary alicyclic amines) is 2. The van der Waals surface area contributed by atoms with Crippen LogP contribution in [-0.4, -0.2) is 53.0 Å². The predicted octanol–water partition coefficient (Wildman–Crippen LogP) is 3.81. The minimum atomic E-state index is -0.416. The topological polar surface area (TPSA) is 60.9 Å². The summed E-state index contributed by atoms with van der Waals surface area (Å²) >= 11 is 1.66. The highest BCUT2D eigenvalue weighted by atomic mass is 32.1. The highest BCUT2D eigenvalue weighted by Crippen LogP contribution is 2.35. The second-order valence-corrected chi connectivity index (χ2v) is 8.91. The summed E-state index contributed by atoms with van der Waals surface area (Å²) in [5, 5.41) is 11.0. The number of thiophene rings is 1. The molecule has 4 rings (SSSR count). The summed E-state index contributed by atoms with van der Waals surface area (Å²) in [7, 11) is 0. The summed E-state index contributed by atoms with van der Waals surface area (Å²) in [5.41, 5.74) is 2.01. The Labute approximate surface area is 175 Å². The van der Waals surface area contributed by atoms with Crippen LogP contribution in [0.1, 0.15) is 64.9 Å². The Bertz CT molecular complexity index is 843. The van der Waals surface area contributed by atoms with Crippen LogP contribution in [0.3, 0.4) is 0 Å². The second kappa shape index (κ2) is 9.09. The van der Waals surface area contributed by atoms with E-state index in [9.17, 15) is 9.59 Å². The number of hydrogen-bond donors (Lipinski definition) is 1. The molecule has 0 spiro atoms. The Morgan fingerprint density at radius 1 is 1.03 bits per heavy atom. The second-order valence-electron chi connectivity index (χ2n) is 7.97. The van der Waals surface area contributed by atoms with Crippen LogP contribution in [0.4, 0.5) is 0 Å². The first-order chi connectivity index (χ1) is 14.2. The van der Waals surface area contributed by atoms with Gasteiger partial charge in [-0.1, -0.05) is 30.3 Å². The van der Waals surface area contributed by atoms with Gasteiger partial charge >= 0.3 is 0 Å². The molecule has 1 atom stereocenters. The lowest BCUT2D eigenvalue weighted by atomic mass is 9.93. The van der Waals surface area contributed by atoms with E-state index in [1.54, 1.807) is 16.2 Å². The fourth-order valence-electron chi connectivity index (χ4n) is 4.55. The van der Waals surface area contributed by atoms with Gasteiger partial charge in [-0.2, -0.15) is 0 Å². The van der Waals surface area contributed by atoms with E-state index in [-0.39, 0.29) is 17.9 Å². The van der Waals surface area contributed by atoms with Gasteiger partial charge in [0.15, 0.2) is 0 Å². The fraction of sp³-hybridized carbons (Fsp3) is 0.478. The lowest BCUT2D eigenvalue weighted by Crippen LogP contribution is -2.39. The zero-order valence-electron chi connectivity index (χ0n) is 16.6. The molecule has 1 aromatic carbocycles. The first-order valence-corrected chi connectivity index (χ1v) is 11.4. The molecule has 2 aliphatic rings. The van der Waals surface area contributed by atoms with Crippen LogP contribution in [0.5, 0.6) is 0 Å². The Hall–Kier alpha value is -2.18. The van der Waals surface area contributed by atoms with E-state index in [0.29, 0.717) is 19.0 Å². The van der Waals surface area contributed by atoms with Crippen molar-refractivity contribution in [1.82, 2.24) is 9.80 Å².